The minimum absolute atomic E-state index is 0.166. The van der Waals surface area contributed by atoms with Crippen molar-refractivity contribution < 1.29 is 22.3 Å². The number of halogens is 1. The van der Waals surface area contributed by atoms with Crippen molar-refractivity contribution in [1.82, 2.24) is 10.2 Å². The Kier molecular flexibility index (Phi) is 7.64. The van der Waals surface area contributed by atoms with Crippen LogP contribution in [0.15, 0.2) is 64.4 Å². The summed E-state index contributed by atoms with van der Waals surface area (Å²) in [6.45, 7) is 3.08. The second-order valence-electron chi connectivity index (χ2n) is 10.5. The van der Waals surface area contributed by atoms with Crippen molar-refractivity contribution >= 4 is 15.5 Å². The number of nitrogens with one attached hydrogen (secondary N) is 1. The Hall–Kier alpha value is -3.09. The predicted octanol–water partition coefficient (Wildman–Crippen LogP) is 3.61. The largest absolute Gasteiger partial charge is 0.492 e. The Balaban J connectivity index is 1.42. The number of likely N-dealkylation sites (N-methyl/N-ethyl adjacent to an activating group) is 1. The number of fused-ring (bicyclic) bond motifs is 1. The smallest absolute Gasteiger partial charge is 0.152 e. The number of aliphatic imine (C=N–C) groups is 1. The lowest BCUT2D eigenvalue weighted by atomic mass is 9.87. The summed E-state index contributed by atoms with van der Waals surface area (Å²) in [5.74, 6) is 3.49. The van der Waals surface area contributed by atoms with Crippen molar-refractivity contribution in [3.05, 3.63) is 65.0 Å². The number of hydrogen-bond acceptors (Lipinski definition) is 7. The maximum Gasteiger partial charge on any atom is 0.152 e. The lowest BCUT2D eigenvalue weighted by molar-refractivity contribution is 0.203. The highest BCUT2D eigenvalue weighted by atomic mass is 32.2. The maximum atomic E-state index is 15.2. The fourth-order valence-corrected chi connectivity index (χ4v) is 7.94. The summed E-state index contributed by atoms with van der Waals surface area (Å²) in [5, 5.41) is 3.06. The van der Waals surface area contributed by atoms with E-state index < -0.39 is 9.84 Å². The number of allylic oxidation sites excluding steroid dienone is 3. The van der Waals surface area contributed by atoms with Crippen LogP contribution in [0.1, 0.15) is 31.2 Å². The first-order valence-corrected chi connectivity index (χ1v) is 14.9. The molecular weight excluding hydrogens is 505 g/mol. The second-order valence-corrected chi connectivity index (χ2v) is 12.6. The summed E-state index contributed by atoms with van der Waals surface area (Å²) in [4.78, 5) is 7.18. The highest BCUT2D eigenvalue weighted by molar-refractivity contribution is 7.92. The van der Waals surface area contributed by atoms with E-state index in [0.717, 1.165) is 47.9 Å². The average Bonchev–Trinajstić information content (AvgIpc) is 3.30. The van der Waals surface area contributed by atoms with Crippen molar-refractivity contribution in [2.75, 3.05) is 51.4 Å². The summed E-state index contributed by atoms with van der Waals surface area (Å²) in [5.41, 5.74) is 3.24. The van der Waals surface area contributed by atoms with Crippen LogP contribution in [-0.4, -0.2) is 70.4 Å². The van der Waals surface area contributed by atoms with E-state index in [2.05, 4.69) is 16.1 Å². The summed E-state index contributed by atoms with van der Waals surface area (Å²) >= 11 is 0. The molecule has 5 rings (SSSR count). The molecule has 1 spiro atoms. The SMILES string of the molecule is C#CCCCOC1=C(F)CC2C(=C1)N=C(c1ccc(OCCNC)cc1)C=C2N1CCC2(C1)CS(=O)(=O)C2. The van der Waals surface area contributed by atoms with Gasteiger partial charge < -0.3 is 19.7 Å². The number of likely N-dealkylation sites (tertiary alicyclic amines) is 1. The lowest BCUT2D eigenvalue weighted by Crippen LogP contribution is -2.50. The Morgan fingerprint density at radius 1 is 1.21 bits per heavy atom. The number of rotatable bonds is 10. The molecule has 1 aliphatic carbocycles. The van der Waals surface area contributed by atoms with E-state index in [0.29, 0.717) is 32.6 Å². The molecule has 1 unspecified atom stereocenters. The van der Waals surface area contributed by atoms with Gasteiger partial charge in [0.05, 0.1) is 29.5 Å². The van der Waals surface area contributed by atoms with Crippen LogP contribution in [0.25, 0.3) is 0 Å². The number of ether oxygens (including phenoxy) is 2. The molecule has 7 nitrogen and oxygen atoms in total. The van der Waals surface area contributed by atoms with E-state index in [1.807, 2.05) is 37.4 Å². The van der Waals surface area contributed by atoms with Gasteiger partial charge in [-0.05, 0) is 50.2 Å². The van der Waals surface area contributed by atoms with Gasteiger partial charge in [0.1, 0.15) is 18.2 Å². The normalized spacial score (nSPS) is 23.1. The van der Waals surface area contributed by atoms with Gasteiger partial charge in [0.25, 0.3) is 0 Å². The van der Waals surface area contributed by atoms with E-state index in [1.165, 1.54) is 0 Å². The van der Waals surface area contributed by atoms with Gasteiger partial charge >= 0.3 is 0 Å². The molecule has 1 N–H and O–H groups in total. The third-order valence-corrected chi connectivity index (χ3v) is 9.63. The molecule has 38 heavy (non-hydrogen) atoms. The van der Waals surface area contributed by atoms with Crippen molar-refractivity contribution in [3.8, 4) is 18.1 Å². The van der Waals surface area contributed by atoms with Crippen LogP contribution in [0.3, 0.4) is 0 Å². The van der Waals surface area contributed by atoms with Crippen molar-refractivity contribution in [2.24, 2.45) is 16.3 Å². The van der Waals surface area contributed by atoms with E-state index in [1.54, 1.807) is 6.08 Å². The number of terminal acetylenes is 1. The second kappa shape index (κ2) is 11.0. The molecular formula is C29H34FN3O4S. The van der Waals surface area contributed by atoms with E-state index in [4.69, 9.17) is 20.9 Å². The zero-order valence-corrected chi connectivity index (χ0v) is 22.5. The summed E-state index contributed by atoms with van der Waals surface area (Å²) in [6, 6.07) is 7.80. The summed E-state index contributed by atoms with van der Waals surface area (Å²) in [6.07, 6.45) is 11.3. The molecule has 2 fully saturated rings. The molecule has 1 atom stereocenters. The summed E-state index contributed by atoms with van der Waals surface area (Å²) in [7, 11) is -1.06. The Labute approximate surface area is 224 Å². The predicted molar refractivity (Wildman–Crippen MR) is 146 cm³/mol. The number of unbranched alkanes of at least 4 members (excludes halogenated alkanes) is 1. The molecule has 4 aliphatic rings. The molecule has 1 aromatic rings. The number of dihydropyridines is 1. The average molecular weight is 540 g/mol. The minimum atomic E-state index is -2.94. The monoisotopic (exact) mass is 539 g/mol. The van der Waals surface area contributed by atoms with Gasteiger partial charge in [-0.2, -0.15) is 0 Å². The molecule has 0 radical (unpaired) electrons. The highest BCUT2D eigenvalue weighted by Gasteiger charge is 2.53. The molecule has 0 saturated carbocycles. The van der Waals surface area contributed by atoms with Crippen LogP contribution in [0.5, 0.6) is 5.75 Å². The molecule has 1 aromatic carbocycles. The number of sulfone groups is 1. The Morgan fingerprint density at radius 3 is 2.71 bits per heavy atom. The molecule has 0 amide bonds. The van der Waals surface area contributed by atoms with Gasteiger partial charge in [0.15, 0.2) is 15.6 Å². The zero-order valence-electron chi connectivity index (χ0n) is 21.7. The van der Waals surface area contributed by atoms with Gasteiger partial charge in [-0.1, -0.05) is 0 Å². The maximum absolute atomic E-state index is 15.2. The van der Waals surface area contributed by atoms with Gasteiger partial charge in [-0.25, -0.2) is 12.8 Å². The lowest BCUT2D eigenvalue weighted by Gasteiger charge is -2.39. The zero-order chi connectivity index (χ0) is 26.8. The van der Waals surface area contributed by atoms with Crippen molar-refractivity contribution in [3.63, 3.8) is 0 Å². The van der Waals surface area contributed by atoms with Gasteiger partial charge in [0, 0.05) is 61.1 Å². The van der Waals surface area contributed by atoms with Crippen LogP contribution < -0.4 is 10.1 Å². The first-order chi connectivity index (χ1) is 18.3. The van der Waals surface area contributed by atoms with Crippen LogP contribution in [0.4, 0.5) is 4.39 Å². The van der Waals surface area contributed by atoms with Crippen LogP contribution >= 0.6 is 0 Å². The standard InChI is InChI=1S/C29H34FN3O4S/c1-3-4-5-13-37-28-17-26-23(15-24(28)30)27(33-12-10-29(18-33)19-38(34,35)20-29)16-25(32-26)21-6-8-22(9-7-21)36-14-11-31-2/h1,6-9,16-17,23,31H,4-5,10-15,18-20H2,2H3. The van der Waals surface area contributed by atoms with Crippen LogP contribution in [0, 0.1) is 23.7 Å². The van der Waals surface area contributed by atoms with Crippen molar-refractivity contribution in [1.29, 1.82) is 0 Å². The number of nitrogens with zero attached hydrogens (tertiary/aromatic N) is 2. The Morgan fingerprint density at radius 2 is 2.00 bits per heavy atom. The molecule has 9 heteroatoms. The number of benzene rings is 1. The van der Waals surface area contributed by atoms with E-state index in [9.17, 15) is 8.42 Å². The quantitative estimate of drug-likeness (QED) is 0.362. The topological polar surface area (TPSA) is 80.2 Å². The van der Waals surface area contributed by atoms with Gasteiger partial charge in [0.2, 0.25) is 0 Å². The van der Waals surface area contributed by atoms with E-state index in [-0.39, 0.29) is 40.8 Å². The van der Waals surface area contributed by atoms with Crippen LogP contribution in [0.2, 0.25) is 0 Å². The first kappa shape index (κ1) is 26.5. The van der Waals surface area contributed by atoms with Crippen molar-refractivity contribution in [2.45, 2.75) is 25.7 Å². The number of hydrogen-bond donors (Lipinski definition) is 1. The molecule has 3 heterocycles. The Bertz CT molecular complexity index is 1330. The fourth-order valence-electron chi connectivity index (χ4n) is 5.69. The molecule has 202 valence electrons. The molecule has 3 aliphatic heterocycles. The third-order valence-electron chi connectivity index (χ3n) is 7.53. The highest BCUT2D eigenvalue weighted by Crippen LogP contribution is 2.46. The summed E-state index contributed by atoms with van der Waals surface area (Å²) < 4.78 is 50.6. The minimum Gasteiger partial charge on any atom is -0.492 e. The molecule has 0 aromatic heterocycles. The van der Waals surface area contributed by atoms with Crippen LogP contribution in [-0.2, 0) is 14.6 Å². The van der Waals surface area contributed by atoms with E-state index >= 15 is 4.39 Å². The molecule has 0 bridgehead atoms. The first-order valence-electron chi connectivity index (χ1n) is 13.1. The fraction of sp³-hybridized carbons (Fsp3) is 0.483. The van der Waals surface area contributed by atoms with Gasteiger partial charge in [-0.15, -0.1) is 12.3 Å². The third kappa shape index (κ3) is 5.67. The van der Waals surface area contributed by atoms with Gasteiger partial charge in [-0.3, -0.25) is 4.99 Å². The molecule has 2 saturated heterocycles.